The van der Waals surface area contributed by atoms with Gasteiger partial charge >= 0.3 is 0 Å². The van der Waals surface area contributed by atoms with Gasteiger partial charge in [-0.3, -0.25) is 0 Å². The smallest absolute Gasteiger partial charge is 0.0963 e. The van der Waals surface area contributed by atoms with E-state index in [-0.39, 0.29) is 6.04 Å². The molecule has 1 aliphatic heterocycles. The maximum absolute atomic E-state index is 4.93. The number of anilines is 1. The third kappa shape index (κ3) is 3.30. The van der Waals surface area contributed by atoms with Crippen molar-refractivity contribution in [1.82, 2.24) is 4.57 Å². The van der Waals surface area contributed by atoms with Crippen molar-refractivity contribution in [3.63, 3.8) is 0 Å². The van der Waals surface area contributed by atoms with Gasteiger partial charge in [-0.25, -0.2) is 4.99 Å². The van der Waals surface area contributed by atoms with Crippen LogP contribution in [0.4, 0.5) is 11.4 Å². The molecule has 0 fully saturated rings. The molecule has 0 bridgehead atoms. The fourth-order valence-corrected chi connectivity index (χ4v) is 4.33. The first kappa shape index (κ1) is 17.9. The third-order valence-corrected chi connectivity index (χ3v) is 5.87. The molecule has 1 aliphatic rings. The highest BCUT2D eigenvalue weighted by Crippen LogP contribution is 2.40. The largest absolute Gasteiger partial charge is 0.321 e. The Morgan fingerprint density at radius 1 is 0.963 bits per heavy atom. The summed E-state index contributed by atoms with van der Waals surface area (Å²) in [6.07, 6.45) is 7.46. The van der Waals surface area contributed by atoms with E-state index in [1.165, 1.54) is 28.2 Å². The van der Waals surface area contributed by atoms with Crippen LogP contribution in [-0.2, 0) is 0 Å². The lowest BCUT2D eigenvalue weighted by Gasteiger charge is -2.37. The van der Waals surface area contributed by atoms with Gasteiger partial charge in [-0.2, -0.15) is 11.8 Å². The maximum Gasteiger partial charge on any atom is 0.0963 e. The van der Waals surface area contributed by atoms with Crippen molar-refractivity contribution in [3.8, 4) is 5.69 Å². The second-order valence-electron chi connectivity index (χ2n) is 6.98. The van der Waals surface area contributed by atoms with E-state index in [1.807, 2.05) is 18.1 Å². The van der Waals surface area contributed by atoms with Gasteiger partial charge in [-0.15, -0.1) is 0 Å². The SMILES string of the molecule is CSCCC1c2cccn2-c2ccccc2N1C=Nc1c(C)cccc1C. The lowest BCUT2D eigenvalue weighted by atomic mass is 10.0. The van der Waals surface area contributed by atoms with Crippen LogP contribution in [0.25, 0.3) is 5.69 Å². The van der Waals surface area contributed by atoms with Gasteiger partial charge in [0, 0.05) is 11.9 Å². The van der Waals surface area contributed by atoms with Crippen LogP contribution in [0.3, 0.4) is 0 Å². The van der Waals surface area contributed by atoms with Crippen molar-refractivity contribution in [2.45, 2.75) is 26.3 Å². The standard InChI is InChI=1S/C23H25N3S/c1-17-8-6-9-18(2)23(17)24-16-26-21-11-5-4-10-19(21)25-14-7-12-20(25)22(26)13-15-27-3/h4-12,14,16,22H,13,15H2,1-3H3. The average Bonchev–Trinajstić information content (AvgIpc) is 3.16. The van der Waals surface area contributed by atoms with Gasteiger partial charge in [0.1, 0.15) is 0 Å². The van der Waals surface area contributed by atoms with Gasteiger partial charge < -0.3 is 9.47 Å². The lowest BCUT2D eigenvalue weighted by molar-refractivity contribution is 0.639. The molecule has 1 aromatic heterocycles. The molecule has 0 N–H and O–H groups in total. The molecule has 1 unspecified atom stereocenters. The number of aryl methyl sites for hydroxylation is 2. The highest BCUT2D eigenvalue weighted by molar-refractivity contribution is 7.98. The maximum atomic E-state index is 4.93. The number of aromatic nitrogens is 1. The number of nitrogens with zero attached hydrogens (tertiary/aromatic N) is 3. The average molecular weight is 376 g/mol. The molecule has 3 aromatic rings. The molecule has 0 amide bonds. The fraction of sp³-hybridized carbons (Fsp3) is 0.261. The molecule has 0 radical (unpaired) electrons. The predicted molar refractivity (Wildman–Crippen MR) is 118 cm³/mol. The summed E-state index contributed by atoms with van der Waals surface area (Å²) < 4.78 is 2.32. The Hall–Kier alpha value is -2.46. The minimum absolute atomic E-state index is 0.287. The van der Waals surface area contributed by atoms with E-state index < -0.39 is 0 Å². The minimum Gasteiger partial charge on any atom is -0.321 e. The Labute approximate surface area is 165 Å². The number of aliphatic imine (C=N–C) groups is 1. The number of benzene rings is 2. The molecule has 0 saturated carbocycles. The predicted octanol–water partition coefficient (Wildman–Crippen LogP) is 6.07. The Bertz CT molecular complexity index is 953. The number of thioether (sulfide) groups is 1. The van der Waals surface area contributed by atoms with Crippen molar-refractivity contribution in [2.24, 2.45) is 4.99 Å². The molecule has 4 heteroatoms. The van der Waals surface area contributed by atoms with Crippen molar-refractivity contribution in [1.29, 1.82) is 0 Å². The summed E-state index contributed by atoms with van der Waals surface area (Å²) in [7, 11) is 0. The van der Waals surface area contributed by atoms with E-state index in [1.54, 1.807) is 0 Å². The number of hydrogen-bond acceptors (Lipinski definition) is 2. The van der Waals surface area contributed by atoms with Gasteiger partial charge in [0.05, 0.1) is 29.4 Å². The van der Waals surface area contributed by atoms with Gasteiger partial charge in [0.25, 0.3) is 0 Å². The van der Waals surface area contributed by atoms with Crippen molar-refractivity contribution >= 4 is 29.5 Å². The van der Waals surface area contributed by atoms with Crippen molar-refractivity contribution in [2.75, 3.05) is 16.9 Å². The molecule has 2 heterocycles. The molecule has 0 aliphatic carbocycles. The molecule has 138 valence electrons. The van der Waals surface area contributed by atoms with Gasteiger partial charge in [0.2, 0.25) is 0 Å². The second kappa shape index (κ2) is 7.65. The van der Waals surface area contributed by atoms with E-state index in [2.05, 4.69) is 90.4 Å². The molecule has 3 nitrogen and oxygen atoms in total. The highest BCUT2D eigenvalue weighted by Gasteiger charge is 2.29. The molecular formula is C23H25N3S. The first-order chi connectivity index (χ1) is 13.2. The van der Waals surface area contributed by atoms with Gasteiger partial charge in [-0.1, -0.05) is 30.3 Å². The van der Waals surface area contributed by atoms with Crippen LogP contribution >= 0.6 is 11.8 Å². The van der Waals surface area contributed by atoms with Crippen LogP contribution in [0.2, 0.25) is 0 Å². The zero-order chi connectivity index (χ0) is 18.8. The molecule has 0 spiro atoms. The molecule has 27 heavy (non-hydrogen) atoms. The molecular weight excluding hydrogens is 350 g/mol. The van der Waals surface area contributed by atoms with Crippen LogP contribution in [0.1, 0.15) is 29.3 Å². The van der Waals surface area contributed by atoms with Crippen LogP contribution < -0.4 is 4.90 Å². The van der Waals surface area contributed by atoms with Crippen LogP contribution in [-0.4, -0.2) is 22.9 Å². The molecule has 0 saturated heterocycles. The number of para-hydroxylation sites is 3. The zero-order valence-electron chi connectivity index (χ0n) is 16.1. The summed E-state index contributed by atoms with van der Waals surface area (Å²) >= 11 is 1.89. The monoisotopic (exact) mass is 375 g/mol. The first-order valence-corrected chi connectivity index (χ1v) is 10.7. The van der Waals surface area contributed by atoms with E-state index in [9.17, 15) is 0 Å². The number of fused-ring (bicyclic) bond motifs is 3. The first-order valence-electron chi connectivity index (χ1n) is 9.35. The normalized spacial score (nSPS) is 15.8. The zero-order valence-corrected chi connectivity index (χ0v) is 16.9. The Kier molecular flexibility index (Phi) is 5.08. The van der Waals surface area contributed by atoms with Gasteiger partial charge in [-0.05, 0) is 67.7 Å². The fourth-order valence-electron chi connectivity index (χ4n) is 3.87. The number of hydrogen-bond donors (Lipinski definition) is 0. The summed E-state index contributed by atoms with van der Waals surface area (Å²) in [4.78, 5) is 7.28. The lowest BCUT2D eigenvalue weighted by Crippen LogP contribution is -2.33. The van der Waals surface area contributed by atoms with Crippen LogP contribution in [0.5, 0.6) is 0 Å². The minimum atomic E-state index is 0.287. The Balaban J connectivity index is 1.80. The van der Waals surface area contributed by atoms with Crippen LogP contribution in [0.15, 0.2) is 65.8 Å². The summed E-state index contributed by atoms with van der Waals surface area (Å²) in [5, 5.41) is 0. The topological polar surface area (TPSA) is 20.5 Å². The van der Waals surface area contributed by atoms with Crippen molar-refractivity contribution in [3.05, 3.63) is 77.6 Å². The van der Waals surface area contributed by atoms with E-state index in [4.69, 9.17) is 4.99 Å². The van der Waals surface area contributed by atoms with E-state index in [0.717, 1.165) is 17.9 Å². The van der Waals surface area contributed by atoms with Crippen molar-refractivity contribution < 1.29 is 0 Å². The summed E-state index contributed by atoms with van der Waals surface area (Å²) in [5.74, 6) is 1.12. The van der Waals surface area contributed by atoms with Gasteiger partial charge in [0.15, 0.2) is 0 Å². The molecule has 2 aromatic carbocycles. The summed E-state index contributed by atoms with van der Waals surface area (Å²) in [5.41, 5.74) is 7.24. The Morgan fingerprint density at radius 3 is 2.44 bits per heavy atom. The van der Waals surface area contributed by atoms with E-state index >= 15 is 0 Å². The third-order valence-electron chi connectivity index (χ3n) is 5.22. The summed E-state index contributed by atoms with van der Waals surface area (Å²) in [6, 6.07) is 19.6. The van der Waals surface area contributed by atoms with E-state index in [0.29, 0.717) is 0 Å². The molecule has 1 atom stereocenters. The summed E-state index contributed by atoms with van der Waals surface area (Å²) in [6.45, 7) is 4.25. The second-order valence-corrected chi connectivity index (χ2v) is 7.97. The Morgan fingerprint density at radius 2 is 1.70 bits per heavy atom. The molecule has 4 rings (SSSR count). The quantitative estimate of drug-likeness (QED) is 0.398. The highest BCUT2D eigenvalue weighted by atomic mass is 32.2. The van der Waals surface area contributed by atoms with Crippen LogP contribution in [0, 0.1) is 13.8 Å². The number of rotatable bonds is 5.